The molecule has 0 amide bonds. The number of nitrogens with zero attached hydrogens (tertiary/aromatic N) is 1. The number of nitrogens with one attached hydrogen (secondary N) is 1. The van der Waals surface area contributed by atoms with Crippen LogP contribution in [0.3, 0.4) is 0 Å². The zero-order valence-corrected chi connectivity index (χ0v) is 21.4. The monoisotopic (exact) mass is 510 g/mol. The number of hydrogen-bond acceptors (Lipinski definition) is 3. The molecule has 0 saturated heterocycles. The number of aryl methyl sites for hydroxylation is 1. The van der Waals surface area contributed by atoms with Crippen molar-refractivity contribution < 1.29 is 19.0 Å². The average Bonchev–Trinajstić information content (AvgIpc) is 3.13. The van der Waals surface area contributed by atoms with Crippen molar-refractivity contribution in [3.63, 3.8) is 0 Å². The summed E-state index contributed by atoms with van der Waals surface area (Å²) in [6.45, 7) is 6.88. The quantitative estimate of drug-likeness (QED) is 0.217. The van der Waals surface area contributed by atoms with Gasteiger partial charge in [0.2, 0.25) is 0 Å². The number of hydrogen-bond donors (Lipinski definition) is 2. The van der Waals surface area contributed by atoms with Gasteiger partial charge in [0.25, 0.3) is 0 Å². The van der Waals surface area contributed by atoms with Gasteiger partial charge in [-0.05, 0) is 61.2 Å². The van der Waals surface area contributed by atoms with Crippen molar-refractivity contribution in [3.8, 4) is 11.1 Å². The number of aromatic nitrogens is 1. The van der Waals surface area contributed by atoms with Gasteiger partial charge in [-0.1, -0.05) is 42.5 Å². The number of aliphatic carboxylic acids is 1. The Morgan fingerprint density at radius 2 is 1.89 bits per heavy atom. The number of para-hydroxylation sites is 1. The fraction of sp³-hybridized carbons (Fsp3) is 0.276. The minimum Gasteiger partial charge on any atom is -0.481 e. The van der Waals surface area contributed by atoms with Gasteiger partial charge < -0.3 is 19.7 Å². The molecule has 3 aromatic carbocycles. The molecule has 0 saturated carbocycles. The van der Waals surface area contributed by atoms with Crippen LogP contribution < -0.4 is 5.32 Å². The first-order valence-electron chi connectivity index (χ1n) is 12.0. The predicted molar refractivity (Wildman–Crippen MR) is 146 cm³/mol. The van der Waals surface area contributed by atoms with Crippen molar-refractivity contribution in [1.82, 2.24) is 4.57 Å². The van der Waals surface area contributed by atoms with E-state index in [2.05, 4.69) is 59.3 Å². The second-order valence-electron chi connectivity index (χ2n) is 8.58. The van der Waals surface area contributed by atoms with Crippen LogP contribution in [0.4, 0.5) is 10.1 Å². The topological polar surface area (TPSA) is 63.5 Å². The summed E-state index contributed by atoms with van der Waals surface area (Å²) >= 11 is 0. The molecule has 0 radical (unpaired) electrons. The highest BCUT2D eigenvalue weighted by molar-refractivity contribution is 5.98. The summed E-state index contributed by atoms with van der Waals surface area (Å²) in [5.74, 6) is -1.32. The van der Waals surface area contributed by atoms with Crippen LogP contribution in [0.5, 0.6) is 0 Å². The first kappa shape index (κ1) is 27.2. The molecule has 0 aliphatic carbocycles. The van der Waals surface area contributed by atoms with Crippen molar-refractivity contribution in [3.05, 3.63) is 89.4 Å². The Hall–Kier alpha value is -3.35. The molecule has 1 heterocycles. The maximum atomic E-state index is 14.4. The summed E-state index contributed by atoms with van der Waals surface area (Å²) < 4.78 is 22.3. The van der Waals surface area contributed by atoms with Gasteiger partial charge in [0, 0.05) is 54.0 Å². The highest BCUT2D eigenvalue weighted by Crippen LogP contribution is 2.35. The molecular weight excluding hydrogens is 479 g/mol. The fourth-order valence-electron chi connectivity index (χ4n) is 4.53. The van der Waals surface area contributed by atoms with Crippen LogP contribution in [0.15, 0.2) is 66.7 Å². The van der Waals surface area contributed by atoms with E-state index >= 15 is 0 Å². The molecule has 0 aliphatic rings. The van der Waals surface area contributed by atoms with Gasteiger partial charge >= 0.3 is 5.97 Å². The fourth-order valence-corrected chi connectivity index (χ4v) is 4.53. The van der Waals surface area contributed by atoms with Crippen molar-refractivity contribution in [1.29, 1.82) is 0 Å². The normalized spacial score (nSPS) is 10.9. The molecule has 4 rings (SSSR count). The second-order valence-corrected chi connectivity index (χ2v) is 8.58. The van der Waals surface area contributed by atoms with Crippen LogP contribution in [-0.4, -0.2) is 28.9 Å². The zero-order chi connectivity index (χ0) is 24.8. The van der Waals surface area contributed by atoms with Crippen molar-refractivity contribution in [2.75, 3.05) is 18.5 Å². The number of anilines is 1. The van der Waals surface area contributed by atoms with Crippen molar-refractivity contribution in [2.45, 2.75) is 39.8 Å². The number of carboxylic acid groups (broad SMARTS) is 1. The summed E-state index contributed by atoms with van der Waals surface area (Å²) in [7, 11) is 0. The number of halogens is 2. The number of ether oxygens (including phenoxy) is 1. The summed E-state index contributed by atoms with van der Waals surface area (Å²) in [5.41, 5.74) is 6.92. The summed E-state index contributed by atoms with van der Waals surface area (Å²) in [4.78, 5) is 10.8. The van der Waals surface area contributed by atoms with E-state index < -0.39 is 5.97 Å². The van der Waals surface area contributed by atoms with Gasteiger partial charge in [-0.15, -0.1) is 12.4 Å². The predicted octanol–water partition coefficient (Wildman–Crippen LogP) is 6.84. The third kappa shape index (κ3) is 6.25. The van der Waals surface area contributed by atoms with Crippen LogP contribution in [0.2, 0.25) is 0 Å². The van der Waals surface area contributed by atoms with Crippen LogP contribution in [-0.2, 0) is 29.0 Å². The summed E-state index contributed by atoms with van der Waals surface area (Å²) in [6.07, 6.45) is 0.0962. The highest BCUT2D eigenvalue weighted by Gasteiger charge is 2.15. The first-order chi connectivity index (χ1) is 17.0. The number of carbonyl (C=O) groups is 1. The second kappa shape index (κ2) is 12.6. The van der Waals surface area contributed by atoms with Gasteiger partial charge in [-0.25, -0.2) is 4.39 Å². The van der Waals surface area contributed by atoms with Crippen LogP contribution in [0.1, 0.15) is 30.2 Å². The Morgan fingerprint density at radius 3 is 2.64 bits per heavy atom. The minimum absolute atomic E-state index is 0. The molecule has 0 spiro atoms. The van der Waals surface area contributed by atoms with E-state index in [1.807, 2.05) is 13.0 Å². The molecular formula is C29H32ClFN2O3. The van der Waals surface area contributed by atoms with E-state index in [0.717, 1.165) is 17.7 Å². The molecule has 1 aromatic heterocycles. The largest absolute Gasteiger partial charge is 0.481 e. The van der Waals surface area contributed by atoms with Gasteiger partial charge in [0.05, 0.1) is 6.61 Å². The summed E-state index contributed by atoms with van der Waals surface area (Å²) in [5, 5.41) is 13.3. The van der Waals surface area contributed by atoms with E-state index in [-0.39, 0.29) is 31.1 Å². The lowest BCUT2D eigenvalue weighted by molar-refractivity contribution is -0.136. The van der Waals surface area contributed by atoms with E-state index in [9.17, 15) is 9.18 Å². The highest BCUT2D eigenvalue weighted by atomic mass is 35.5. The Balaban J connectivity index is 0.00000361. The SMILES string of the molecule is CCOCCn1c(C)c(-c2cccc(CNc3ccc(CCC(=O)O)c(F)c3)c2)c2ccccc21.Cl. The summed E-state index contributed by atoms with van der Waals surface area (Å²) in [6, 6.07) is 21.7. The Bertz CT molecular complexity index is 1340. The Labute approximate surface area is 217 Å². The average molecular weight is 511 g/mol. The van der Waals surface area contributed by atoms with Gasteiger partial charge in [0.15, 0.2) is 0 Å². The molecule has 5 nitrogen and oxygen atoms in total. The van der Waals surface area contributed by atoms with E-state index in [4.69, 9.17) is 9.84 Å². The maximum Gasteiger partial charge on any atom is 0.303 e. The number of benzene rings is 3. The Morgan fingerprint density at radius 1 is 1.08 bits per heavy atom. The number of fused-ring (bicyclic) bond motifs is 1. The molecule has 2 N–H and O–H groups in total. The molecule has 190 valence electrons. The zero-order valence-electron chi connectivity index (χ0n) is 20.6. The maximum absolute atomic E-state index is 14.4. The van der Waals surface area contributed by atoms with Crippen LogP contribution >= 0.6 is 12.4 Å². The van der Waals surface area contributed by atoms with Gasteiger partial charge in [-0.2, -0.15) is 0 Å². The van der Waals surface area contributed by atoms with Crippen molar-refractivity contribution >= 4 is 35.0 Å². The number of rotatable bonds is 11. The third-order valence-corrected chi connectivity index (χ3v) is 6.27. The standard InChI is InChI=1S/C29H31FN2O3.ClH/c1-3-35-16-15-32-20(2)29(25-9-4-5-10-27(25)32)23-8-6-7-21(17-23)19-31-24-13-11-22(26(30)18-24)12-14-28(33)34;/h4-11,13,17-18,31H,3,12,14-16,19H2,1-2H3,(H,33,34);1H. The molecule has 4 aromatic rings. The van der Waals surface area contributed by atoms with Crippen LogP contribution in [0, 0.1) is 12.7 Å². The molecule has 0 aliphatic heterocycles. The van der Waals surface area contributed by atoms with Gasteiger partial charge in [0.1, 0.15) is 5.82 Å². The molecule has 0 unspecified atom stereocenters. The van der Waals surface area contributed by atoms with Gasteiger partial charge in [-0.3, -0.25) is 4.79 Å². The van der Waals surface area contributed by atoms with E-state index in [1.165, 1.54) is 28.2 Å². The molecule has 7 heteroatoms. The lowest BCUT2D eigenvalue weighted by atomic mass is 10.00. The molecule has 0 fully saturated rings. The Kier molecular flexibility index (Phi) is 9.51. The minimum atomic E-state index is -0.931. The molecule has 0 atom stereocenters. The third-order valence-electron chi connectivity index (χ3n) is 6.27. The van der Waals surface area contributed by atoms with Crippen molar-refractivity contribution in [2.24, 2.45) is 0 Å². The number of carboxylic acids is 1. The van der Waals surface area contributed by atoms with E-state index in [1.54, 1.807) is 12.1 Å². The lowest BCUT2D eigenvalue weighted by Crippen LogP contribution is -2.07. The first-order valence-corrected chi connectivity index (χ1v) is 12.0. The van der Waals surface area contributed by atoms with E-state index in [0.29, 0.717) is 31.0 Å². The van der Waals surface area contributed by atoms with Crippen LogP contribution in [0.25, 0.3) is 22.0 Å². The smallest absolute Gasteiger partial charge is 0.303 e. The molecule has 0 bridgehead atoms. The molecule has 36 heavy (non-hydrogen) atoms. The lowest BCUT2D eigenvalue weighted by Gasteiger charge is -2.11.